The molecule has 1 aliphatic heterocycles. The molecule has 1 aliphatic carbocycles. The van der Waals surface area contributed by atoms with Gasteiger partial charge in [-0.15, -0.1) is 0 Å². The van der Waals surface area contributed by atoms with Crippen molar-refractivity contribution in [2.75, 3.05) is 11.5 Å². The minimum Gasteiger partial charge on any atom is -0.479 e. The van der Waals surface area contributed by atoms with Crippen LogP contribution in [0.3, 0.4) is 0 Å². The fourth-order valence-corrected chi connectivity index (χ4v) is 4.47. The SMILES string of the molecule is O=C(NC1(C(=O)O)CCSC1)c1ccnc(OC2CCCCC2)c1. The third-order valence-electron chi connectivity index (χ3n) is 4.62. The number of ether oxygens (including phenoxy) is 1. The first-order valence-corrected chi connectivity index (χ1v) is 9.51. The maximum absolute atomic E-state index is 12.5. The van der Waals surface area contributed by atoms with Crippen molar-refractivity contribution in [2.45, 2.75) is 50.2 Å². The summed E-state index contributed by atoms with van der Waals surface area (Å²) in [6.45, 7) is 0. The number of hydrogen-bond acceptors (Lipinski definition) is 5. The standard InChI is InChI=1S/C17H22N2O4S/c20-15(19-17(16(21)22)7-9-24-11-17)12-6-8-18-14(10-12)23-13-4-2-1-3-5-13/h6,8,10,13H,1-5,7,9,11H2,(H,19,20)(H,21,22). The summed E-state index contributed by atoms with van der Waals surface area (Å²) in [7, 11) is 0. The fraction of sp³-hybridized carbons (Fsp3) is 0.588. The second-order valence-corrected chi connectivity index (χ2v) is 7.51. The normalized spacial score (nSPS) is 24.5. The molecule has 2 aliphatic rings. The molecule has 1 aromatic rings. The van der Waals surface area contributed by atoms with Gasteiger partial charge in [0.05, 0.1) is 0 Å². The van der Waals surface area contributed by atoms with Crippen LogP contribution in [0, 0.1) is 0 Å². The quantitative estimate of drug-likeness (QED) is 0.848. The Bertz CT molecular complexity index is 610. The number of hydrogen-bond donors (Lipinski definition) is 2. The molecule has 1 unspecified atom stereocenters. The van der Waals surface area contributed by atoms with Crippen LogP contribution in [-0.4, -0.2) is 45.1 Å². The molecular weight excluding hydrogens is 328 g/mol. The van der Waals surface area contributed by atoms with Crippen LogP contribution in [0.1, 0.15) is 48.9 Å². The van der Waals surface area contributed by atoms with Crippen molar-refractivity contribution in [3.05, 3.63) is 23.9 Å². The molecule has 0 radical (unpaired) electrons. The van der Waals surface area contributed by atoms with E-state index in [0.717, 1.165) is 31.4 Å². The summed E-state index contributed by atoms with van der Waals surface area (Å²) in [5.74, 6) is 0.188. The van der Waals surface area contributed by atoms with E-state index < -0.39 is 17.4 Å². The highest BCUT2D eigenvalue weighted by atomic mass is 32.2. The number of thioether (sulfide) groups is 1. The van der Waals surface area contributed by atoms with E-state index in [2.05, 4.69) is 10.3 Å². The predicted molar refractivity (Wildman–Crippen MR) is 91.5 cm³/mol. The maximum Gasteiger partial charge on any atom is 0.330 e. The summed E-state index contributed by atoms with van der Waals surface area (Å²) in [5, 5.41) is 12.2. The Morgan fingerprint density at radius 1 is 1.33 bits per heavy atom. The molecule has 2 N–H and O–H groups in total. The third-order valence-corrected chi connectivity index (χ3v) is 5.81. The van der Waals surface area contributed by atoms with Gasteiger partial charge >= 0.3 is 5.97 Å². The van der Waals surface area contributed by atoms with E-state index in [9.17, 15) is 14.7 Å². The monoisotopic (exact) mass is 350 g/mol. The van der Waals surface area contributed by atoms with Crippen molar-refractivity contribution in [1.82, 2.24) is 10.3 Å². The van der Waals surface area contributed by atoms with Crippen LogP contribution in [0.5, 0.6) is 5.88 Å². The fourth-order valence-electron chi connectivity index (χ4n) is 3.14. The Hall–Kier alpha value is -1.76. The van der Waals surface area contributed by atoms with Crippen LogP contribution >= 0.6 is 11.8 Å². The van der Waals surface area contributed by atoms with Gasteiger partial charge in [0.25, 0.3) is 5.91 Å². The Labute approximate surface area is 145 Å². The Morgan fingerprint density at radius 2 is 2.12 bits per heavy atom. The van der Waals surface area contributed by atoms with Crippen LogP contribution in [0.4, 0.5) is 0 Å². The second kappa shape index (κ2) is 7.42. The molecule has 2 fully saturated rings. The van der Waals surface area contributed by atoms with Gasteiger partial charge in [-0.3, -0.25) is 4.79 Å². The highest BCUT2D eigenvalue weighted by molar-refractivity contribution is 7.99. The van der Waals surface area contributed by atoms with E-state index in [1.54, 1.807) is 23.9 Å². The smallest absolute Gasteiger partial charge is 0.330 e. The number of carbonyl (C=O) groups excluding carboxylic acids is 1. The number of carboxylic acid groups (broad SMARTS) is 1. The number of rotatable bonds is 5. The number of nitrogens with zero attached hydrogens (tertiary/aromatic N) is 1. The highest BCUT2D eigenvalue weighted by Crippen LogP contribution is 2.29. The summed E-state index contributed by atoms with van der Waals surface area (Å²) in [6, 6.07) is 3.18. The predicted octanol–water partition coefficient (Wildman–Crippen LogP) is 2.48. The molecule has 24 heavy (non-hydrogen) atoms. The van der Waals surface area contributed by atoms with Crippen molar-refractivity contribution >= 4 is 23.6 Å². The molecule has 3 rings (SSSR count). The van der Waals surface area contributed by atoms with E-state index in [1.165, 1.54) is 12.6 Å². The van der Waals surface area contributed by atoms with Crippen LogP contribution in [0.25, 0.3) is 0 Å². The molecule has 1 amide bonds. The lowest BCUT2D eigenvalue weighted by atomic mass is 9.98. The van der Waals surface area contributed by atoms with Gasteiger partial charge in [-0.2, -0.15) is 11.8 Å². The largest absolute Gasteiger partial charge is 0.479 e. The van der Waals surface area contributed by atoms with Crippen molar-refractivity contribution in [3.8, 4) is 5.88 Å². The summed E-state index contributed by atoms with van der Waals surface area (Å²) in [4.78, 5) is 28.2. The first-order chi connectivity index (χ1) is 11.6. The average molecular weight is 350 g/mol. The number of aromatic nitrogens is 1. The summed E-state index contributed by atoms with van der Waals surface area (Å²) in [5.41, 5.74) is -0.789. The van der Waals surface area contributed by atoms with Crippen molar-refractivity contribution in [1.29, 1.82) is 0 Å². The zero-order chi connectivity index (χ0) is 17.0. The minimum absolute atomic E-state index is 0.154. The van der Waals surface area contributed by atoms with Crippen LogP contribution in [-0.2, 0) is 4.79 Å². The maximum atomic E-state index is 12.5. The van der Waals surface area contributed by atoms with Crippen molar-refractivity contribution in [2.24, 2.45) is 0 Å². The number of aliphatic carboxylic acids is 1. The number of nitrogens with one attached hydrogen (secondary N) is 1. The number of pyridine rings is 1. The lowest BCUT2D eigenvalue weighted by Gasteiger charge is -2.25. The minimum atomic E-state index is -1.17. The first kappa shape index (κ1) is 17.1. The molecule has 1 atom stereocenters. The third kappa shape index (κ3) is 3.83. The molecule has 7 heteroatoms. The van der Waals surface area contributed by atoms with Gasteiger partial charge in [-0.25, -0.2) is 9.78 Å². The molecule has 6 nitrogen and oxygen atoms in total. The van der Waals surface area contributed by atoms with Gasteiger partial charge in [0.1, 0.15) is 11.6 Å². The molecular formula is C17H22N2O4S. The van der Waals surface area contributed by atoms with E-state index in [1.807, 2.05) is 0 Å². The summed E-state index contributed by atoms with van der Waals surface area (Å²) in [6.07, 6.45) is 7.70. The Morgan fingerprint density at radius 3 is 2.79 bits per heavy atom. The lowest BCUT2D eigenvalue weighted by Crippen LogP contribution is -2.54. The van der Waals surface area contributed by atoms with Crippen LogP contribution < -0.4 is 10.1 Å². The van der Waals surface area contributed by atoms with E-state index in [0.29, 0.717) is 23.6 Å². The highest BCUT2D eigenvalue weighted by Gasteiger charge is 2.43. The molecule has 1 saturated heterocycles. The lowest BCUT2D eigenvalue weighted by molar-refractivity contribution is -0.143. The topological polar surface area (TPSA) is 88.5 Å². The van der Waals surface area contributed by atoms with Gasteiger partial charge in [-0.05, 0) is 43.9 Å². The molecule has 0 bridgehead atoms. The first-order valence-electron chi connectivity index (χ1n) is 8.35. The number of carboxylic acids is 1. The van der Waals surface area contributed by atoms with Crippen molar-refractivity contribution < 1.29 is 19.4 Å². The second-order valence-electron chi connectivity index (χ2n) is 6.40. The van der Waals surface area contributed by atoms with Gasteiger partial charge in [0.2, 0.25) is 5.88 Å². The Balaban J connectivity index is 1.68. The van der Waals surface area contributed by atoms with E-state index in [-0.39, 0.29) is 6.10 Å². The molecule has 130 valence electrons. The van der Waals surface area contributed by atoms with Gasteiger partial charge < -0.3 is 15.2 Å². The summed E-state index contributed by atoms with van der Waals surface area (Å²) >= 11 is 1.54. The zero-order valence-corrected chi connectivity index (χ0v) is 14.3. The van der Waals surface area contributed by atoms with Crippen molar-refractivity contribution in [3.63, 3.8) is 0 Å². The average Bonchev–Trinajstić information content (AvgIpc) is 3.06. The molecule has 0 aromatic carbocycles. The van der Waals surface area contributed by atoms with Gasteiger partial charge in [0.15, 0.2) is 0 Å². The summed E-state index contributed by atoms with van der Waals surface area (Å²) < 4.78 is 5.88. The van der Waals surface area contributed by atoms with Crippen LogP contribution in [0.15, 0.2) is 18.3 Å². The van der Waals surface area contributed by atoms with Crippen LogP contribution in [0.2, 0.25) is 0 Å². The van der Waals surface area contributed by atoms with E-state index >= 15 is 0 Å². The van der Waals surface area contributed by atoms with E-state index in [4.69, 9.17) is 4.74 Å². The Kier molecular flexibility index (Phi) is 5.28. The number of carbonyl (C=O) groups is 2. The molecule has 2 heterocycles. The van der Waals surface area contributed by atoms with Gasteiger partial charge in [-0.1, -0.05) is 6.42 Å². The number of amides is 1. The molecule has 1 saturated carbocycles. The zero-order valence-electron chi connectivity index (χ0n) is 13.5. The molecule has 1 aromatic heterocycles. The molecule has 0 spiro atoms. The van der Waals surface area contributed by atoms with Gasteiger partial charge in [0, 0.05) is 23.6 Å².